The number of nitrogen functional groups attached to an aromatic ring is 1. The van der Waals surface area contributed by atoms with Crippen molar-refractivity contribution in [2.45, 2.75) is 50.9 Å². The van der Waals surface area contributed by atoms with E-state index in [2.05, 4.69) is 11.0 Å². The number of carbonyl (C=O) groups is 1. The normalized spacial score (nSPS) is 23.5. The maximum absolute atomic E-state index is 12.9. The minimum atomic E-state index is -0.492. The van der Waals surface area contributed by atoms with E-state index in [0.717, 1.165) is 12.1 Å². The van der Waals surface area contributed by atoms with Gasteiger partial charge in [-0.1, -0.05) is 11.6 Å². The van der Waals surface area contributed by atoms with E-state index < -0.39 is 11.6 Å². The second kappa shape index (κ2) is 8.16. The predicted octanol–water partition coefficient (Wildman–Crippen LogP) is 2.80. The Kier molecular flexibility index (Phi) is 6.04. The van der Waals surface area contributed by atoms with E-state index >= 15 is 0 Å². The minimum absolute atomic E-state index is 0.258. The van der Waals surface area contributed by atoms with Crippen molar-refractivity contribution in [3.8, 4) is 11.8 Å². The van der Waals surface area contributed by atoms with Crippen molar-refractivity contribution in [3.63, 3.8) is 0 Å². The second-order valence-electron chi connectivity index (χ2n) is 7.88. The number of piperidine rings is 1. The molecule has 0 saturated carbocycles. The number of hydrogen-bond donors (Lipinski definition) is 1. The van der Waals surface area contributed by atoms with Gasteiger partial charge in [-0.05, 0) is 26.3 Å². The number of hydrogen-bond acceptors (Lipinski definition) is 7. The molecule has 3 rings (SSSR count). The maximum Gasteiger partial charge on any atom is 0.342 e. The van der Waals surface area contributed by atoms with Gasteiger partial charge in [-0.3, -0.25) is 4.90 Å². The summed E-state index contributed by atoms with van der Waals surface area (Å²) in [5.41, 5.74) is 7.12. The molecule has 0 radical (unpaired) electrons. The van der Waals surface area contributed by atoms with Crippen LogP contribution in [0.2, 0.25) is 5.02 Å². The Labute approximate surface area is 170 Å². The number of rotatable bonds is 5. The molecule has 7 nitrogen and oxygen atoms in total. The molecular formula is C20H26ClN3O4. The van der Waals surface area contributed by atoms with Crippen LogP contribution in [0.4, 0.5) is 5.69 Å². The molecule has 0 unspecified atom stereocenters. The number of ether oxygens (including phenoxy) is 3. The number of nitrogens with zero attached hydrogens (tertiary/aromatic N) is 2. The zero-order valence-corrected chi connectivity index (χ0v) is 17.2. The van der Waals surface area contributed by atoms with Crippen LogP contribution in [0.25, 0.3) is 0 Å². The molecule has 0 spiro atoms. The molecule has 0 amide bonds. The minimum Gasteiger partial charge on any atom is -0.486 e. The highest BCUT2D eigenvalue weighted by Crippen LogP contribution is 2.44. The highest BCUT2D eigenvalue weighted by molar-refractivity contribution is 6.33. The average molecular weight is 408 g/mol. The molecule has 2 N–H and O–H groups in total. The van der Waals surface area contributed by atoms with Crippen LogP contribution in [-0.4, -0.2) is 55.4 Å². The topological polar surface area (TPSA) is 97.8 Å². The third-order valence-electron chi connectivity index (χ3n) is 5.26. The lowest BCUT2D eigenvalue weighted by atomic mass is 9.98. The van der Waals surface area contributed by atoms with Crippen LogP contribution in [-0.2, 0) is 15.9 Å². The summed E-state index contributed by atoms with van der Waals surface area (Å²) in [4.78, 5) is 15.1. The zero-order valence-electron chi connectivity index (χ0n) is 16.5. The monoisotopic (exact) mass is 407 g/mol. The van der Waals surface area contributed by atoms with Crippen LogP contribution in [0.3, 0.4) is 0 Å². The number of halogens is 1. The maximum atomic E-state index is 12.9. The van der Waals surface area contributed by atoms with Crippen LogP contribution < -0.4 is 10.5 Å². The molecule has 2 aliphatic rings. The number of likely N-dealkylation sites (tertiary alicyclic amines) is 1. The number of fused-ring (bicyclic) bond motifs is 1. The lowest BCUT2D eigenvalue weighted by Crippen LogP contribution is -2.49. The van der Waals surface area contributed by atoms with Crippen molar-refractivity contribution in [1.29, 1.82) is 5.26 Å². The van der Waals surface area contributed by atoms with Gasteiger partial charge in [0.2, 0.25) is 0 Å². The summed E-state index contributed by atoms with van der Waals surface area (Å²) < 4.78 is 17.3. The van der Waals surface area contributed by atoms with E-state index in [9.17, 15) is 4.79 Å². The van der Waals surface area contributed by atoms with E-state index in [0.29, 0.717) is 54.4 Å². The van der Waals surface area contributed by atoms with E-state index in [1.165, 1.54) is 6.07 Å². The van der Waals surface area contributed by atoms with Crippen LogP contribution in [0.15, 0.2) is 6.07 Å². The number of anilines is 1. The summed E-state index contributed by atoms with van der Waals surface area (Å²) >= 11 is 6.25. The first kappa shape index (κ1) is 20.7. The van der Waals surface area contributed by atoms with Gasteiger partial charge < -0.3 is 19.9 Å². The van der Waals surface area contributed by atoms with Gasteiger partial charge in [0.15, 0.2) is 0 Å². The number of esters is 1. The largest absolute Gasteiger partial charge is 0.486 e. The number of benzene rings is 1. The Bertz CT molecular complexity index is 806. The number of nitrogens with two attached hydrogens (primary N) is 1. The lowest BCUT2D eigenvalue weighted by molar-refractivity contribution is -0.0726. The molecule has 0 bridgehead atoms. The van der Waals surface area contributed by atoms with Gasteiger partial charge in [-0.25, -0.2) is 4.79 Å². The molecule has 2 atom stereocenters. The summed E-state index contributed by atoms with van der Waals surface area (Å²) in [7, 11) is 1.60. The second-order valence-corrected chi connectivity index (χ2v) is 8.29. The summed E-state index contributed by atoms with van der Waals surface area (Å²) in [5.74, 6) is -0.0364. The van der Waals surface area contributed by atoms with Crippen molar-refractivity contribution in [2.24, 2.45) is 0 Å². The van der Waals surface area contributed by atoms with Crippen molar-refractivity contribution < 1.29 is 19.0 Å². The summed E-state index contributed by atoms with van der Waals surface area (Å²) in [6, 6.07) is 3.67. The zero-order chi connectivity index (χ0) is 20.5. The Morgan fingerprint density at radius 1 is 1.50 bits per heavy atom. The number of carbonyl (C=O) groups excluding carboxylic acids is 1. The summed E-state index contributed by atoms with van der Waals surface area (Å²) in [6.07, 6.45) is 1.03. The highest BCUT2D eigenvalue weighted by Gasteiger charge is 2.38. The molecule has 0 aromatic heterocycles. The van der Waals surface area contributed by atoms with E-state index in [1.54, 1.807) is 7.11 Å². The molecule has 1 saturated heterocycles. The van der Waals surface area contributed by atoms with Gasteiger partial charge in [0.25, 0.3) is 0 Å². The fourth-order valence-electron chi connectivity index (χ4n) is 3.81. The molecule has 1 fully saturated rings. The molecule has 1 aromatic rings. The Morgan fingerprint density at radius 3 is 2.93 bits per heavy atom. The quantitative estimate of drug-likeness (QED) is 0.591. The molecular weight excluding hydrogens is 382 g/mol. The average Bonchev–Trinajstić information content (AvgIpc) is 2.99. The SMILES string of the molecule is CO[C@@H]1CN(CCC#N)CC[C@@H]1OC(=O)c1cc(Cl)c(N)c2c1OC(C)(C)C2. The fraction of sp³-hybridized carbons (Fsp3) is 0.600. The molecule has 1 aromatic carbocycles. The van der Waals surface area contributed by atoms with Crippen molar-refractivity contribution in [1.82, 2.24) is 4.90 Å². The molecule has 8 heteroatoms. The smallest absolute Gasteiger partial charge is 0.342 e. The van der Waals surface area contributed by atoms with Crippen molar-refractivity contribution in [2.75, 3.05) is 32.5 Å². The Balaban J connectivity index is 1.77. The van der Waals surface area contributed by atoms with Crippen molar-refractivity contribution in [3.05, 3.63) is 22.2 Å². The Morgan fingerprint density at radius 2 is 2.25 bits per heavy atom. The van der Waals surface area contributed by atoms with Crippen LogP contribution in [0, 0.1) is 11.3 Å². The molecule has 152 valence electrons. The standard InChI is InChI=1S/C20H26ClN3O4/c1-20(2)10-13-17(23)14(21)9-12(18(13)28-20)19(25)27-15-5-8-24(7-4-6-22)11-16(15)26-3/h9,15-16H,4-5,7-8,10-11,23H2,1-3H3/t15-,16+/m0/s1. The molecule has 2 aliphatic heterocycles. The fourth-order valence-corrected chi connectivity index (χ4v) is 4.04. The lowest BCUT2D eigenvalue weighted by Gasteiger charge is -2.36. The summed E-state index contributed by atoms with van der Waals surface area (Å²) in [6.45, 7) is 5.91. The predicted molar refractivity (Wildman–Crippen MR) is 106 cm³/mol. The van der Waals surface area contributed by atoms with Gasteiger partial charge in [-0.15, -0.1) is 0 Å². The summed E-state index contributed by atoms with van der Waals surface area (Å²) in [5, 5.41) is 9.08. The first-order valence-corrected chi connectivity index (χ1v) is 9.76. The van der Waals surface area contributed by atoms with Crippen LogP contribution in [0.5, 0.6) is 5.75 Å². The van der Waals surface area contributed by atoms with Gasteiger partial charge in [-0.2, -0.15) is 5.26 Å². The molecule has 2 heterocycles. The van der Waals surface area contributed by atoms with E-state index in [-0.39, 0.29) is 12.2 Å². The van der Waals surface area contributed by atoms with Gasteiger partial charge >= 0.3 is 5.97 Å². The third-order valence-corrected chi connectivity index (χ3v) is 5.57. The highest BCUT2D eigenvalue weighted by atomic mass is 35.5. The third kappa shape index (κ3) is 4.19. The van der Waals surface area contributed by atoms with Crippen LogP contribution >= 0.6 is 11.6 Å². The number of methoxy groups -OCH3 is 1. The van der Waals surface area contributed by atoms with Gasteiger partial charge in [0.05, 0.1) is 16.8 Å². The first-order chi connectivity index (χ1) is 13.3. The molecule has 0 aliphatic carbocycles. The van der Waals surface area contributed by atoms with E-state index in [4.69, 9.17) is 36.8 Å². The number of nitriles is 1. The van der Waals surface area contributed by atoms with Crippen LogP contribution in [0.1, 0.15) is 42.6 Å². The van der Waals surface area contributed by atoms with Gasteiger partial charge in [0.1, 0.15) is 29.1 Å². The Hall–Kier alpha value is -2.01. The first-order valence-electron chi connectivity index (χ1n) is 9.38. The molecule has 28 heavy (non-hydrogen) atoms. The van der Waals surface area contributed by atoms with E-state index in [1.807, 2.05) is 13.8 Å². The van der Waals surface area contributed by atoms with Gasteiger partial charge in [0, 0.05) is 45.1 Å². The van der Waals surface area contributed by atoms with Crippen molar-refractivity contribution >= 4 is 23.3 Å².